The molecule has 1 saturated heterocycles. The van der Waals surface area contributed by atoms with Gasteiger partial charge in [0.25, 0.3) is 5.91 Å². The van der Waals surface area contributed by atoms with Crippen molar-refractivity contribution in [3.8, 4) is 16.2 Å². The van der Waals surface area contributed by atoms with Crippen molar-refractivity contribution in [2.24, 2.45) is 5.92 Å². The van der Waals surface area contributed by atoms with Gasteiger partial charge in [-0.05, 0) is 85.8 Å². The van der Waals surface area contributed by atoms with Crippen LogP contribution in [0, 0.1) is 5.92 Å². The van der Waals surface area contributed by atoms with Crippen LogP contribution in [0.3, 0.4) is 0 Å². The third-order valence-corrected chi connectivity index (χ3v) is 6.91. The number of likely N-dealkylation sites (tertiary alicyclic amines) is 1. The highest BCUT2D eigenvalue weighted by atomic mass is 32.1. The fourth-order valence-electron chi connectivity index (χ4n) is 3.99. The van der Waals surface area contributed by atoms with Gasteiger partial charge in [0.05, 0.1) is 4.88 Å². The Bertz CT molecular complexity index is 945. The fourth-order valence-corrected chi connectivity index (χ4v) is 4.92. The van der Waals surface area contributed by atoms with E-state index in [0.717, 1.165) is 47.9 Å². The van der Waals surface area contributed by atoms with Crippen LogP contribution in [0.4, 0.5) is 0 Å². The van der Waals surface area contributed by atoms with Crippen LogP contribution in [0.25, 0.3) is 10.4 Å². The van der Waals surface area contributed by atoms with E-state index in [1.807, 2.05) is 24.3 Å². The molecule has 4 nitrogen and oxygen atoms in total. The minimum absolute atomic E-state index is 0.00606. The summed E-state index contributed by atoms with van der Waals surface area (Å²) in [6, 6.07) is 21.6. The molecule has 1 aliphatic rings. The minimum Gasteiger partial charge on any atom is -0.508 e. The Morgan fingerprint density at radius 1 is 1.00 bits per heavy atom. The van der Waals surface area contributed by atoms with Crippen molar-refractivity contribution < 1.29 is 9.90 Å². The van der Waals surface area contributed by atoms with Gasteiger partial charge >= 0.3 is 0 Å². The van der Waals surface area contributed by atoms with Crippen molar-refractivity contribution >= 4 is 17.2 Å². The van der Waals surface area contributed by atoms with E-state index < -0.39 is 0 Å². The first kappa shape index (κ1) is 20.6. The first-order chi connectivity index (χ1) is 14.7. The zero-order valence-electron chi connectivity index (χ0n) is 17.1. The molecule has 1 aromatic heterocycles. The van der Waals surface area contributed by atoms with Crippen LogP contribution in [-0.2, 0) is 6.54 Å². The van der Waals surface area contributed by atoms with Crippen molar-refractivity contribution in [1.29, 1.82) is 0 Å². The van der Waals surface area contributed by atoms with Crippen LogP contribution in [0.5, 0.6) is 5.75 Å². The summed E-state index contributed by atoms with van der Waals surface area (Å²) in [4.78, 5) is 16.8. The van der Waals surface area contributed by atoms with Gasteiger partial charge in [0.1, 0.15) is 5.75 Å². The number of phenols is 1. The summed E-state index contributed by atoms with van der Waals surface area (Å²) >= 11 is 1.49. The third kappa shape index (κ3) is 5.49. The average Bonchev–Trinajstić information content (AvgIpc) is 3.27. The first-order valence-corrected chi connectivity index (χ1v) is 11.4. The molecule has 0 atom stereocenters. The molecule has 2 aromatic carbocycles. The lowest BCUT2D eigenvalue weighted by Crippen LogP contribution is -2.34. The maximum absolute atomic E-state index is 12.5. The molecule has 30 heavy (non-hydrogen) atoms. The van der Waals surface area contributed by atoms with E-state index in [4.69, 9.17) is 0 Å². The van der Waals surface area contributed by atoms with Crippen molar-refractivity contribution in [1.82, 2.24) is 10.2 Å². The molecule has 2 N–H and O–H groups in total. The van der Waals surface area contributed by atoms with E-state index in [-0.39, 0.29) is 11.7 Å². The van der Waals surface area contributed by atoms with Gasteiger partial charge in [0.15, 0.2) is 0 Å². The molecule has 0 aliphatic carbocycles. The number of amides is 1. The summed E-state index contributed by atoms with van der Waals surface area (Å²) in [5.74, 6) is 0.943. The molecule has 1 amide bonds. The molecule has 1 fully saturated rings. The number of nitrogens with zero attached hydrogens (tertiary/aromatic N) is 1. The highest BCUT2D eigenvalue weighted by Gasteiger charge is 2.19. The molecule has 0 unspecified atom stereocenters. The molecule has 0 spiro atoms. The van der Waals surface area contributed by atoms with Gasteiger partial charge in [0.2, 0.25) is 0 Å². The highest BCUT2D eigenvalue weighted by Crippen LogP contribution is 2.29. The second kappa shape index (κ2) is 9.92. The summed E-state index contributed by atoms with van der Waals surface area (Å²) in [5, 5.41) is 12.5. The van der Waals surface area contributed by atoms with Gasteiger partial charge < -0.3 is 10.4 Å². The van der Waals surface area contributed by atoms with E-state index >= 15 is 0 Å². The standard InChI is InChI=1S/C25H28N2O2S/c28-22-8-6-21(7-9-22)23-10-11-24(30-23)25(29)26-15-12-19-13-16-27(17-14-19)18-20-4-2-1-3-5-20/h1-11,19,28H,12-18H2,(H,26,29). The van der Waals surface area contributed by atoms with Gasteiger partial charge in [-0.2, -0.15) is 0 Å². The monoisotopic (exact) mass is 420 g/mol. The Labute approximate surface area is 182 Å². The van der Waals surface area contributed by atoms with Crippen molar-refractivity contribution in [3.63, 3.8) is 0 Å². The SMILES string of the molecule is O=C(NCCC1CCN(Cc2ccccc2)CC1)c1ccc(-c2ccc(O)cc2)s1. The van der Waals surface area contributed by atoms with E-state index in [0.29, 0.717) is 5.92 Å². The lowest BCUT2D eigenvalue weighted by Gasteiger charge is -2.32. The van der Waals surface area contributed by atoms with Crippen LogP contribution < -0.4 is 5.32 Å². The Hall–Kier alpha value is -2.63. The fraction of sp³-hybridized carbons (Fsp3) is 0.320. The molecule has 0 bridgehead atoms. The van der Waals surface area contributed by atoms with Gasteiger partial charge in [-0.1, -0.05) is 30.3 Å². The Kier molecular flexibility index (Phi) is 6.82. The van der Waals surface area contributed by atoms with Gasteiger partial charge in [-0.25, -0.2) is 0 Å². The normalized spacial score (nSPS) is 15.2. The van der Waals surface area contributed by atoms with Gasteiger partial charge in [-0.3, -0.25) is 9.69 Å². The van der Waals surface area contributed by atoms with Gasteiger partial charge in [0, 0.05) is 18.0 Å². The number of piperidine rings is 1. The summed E-state index contributed by atoms with van der Waals surface area (Å²) in [6.45, 7) is 4.03. The molecular weight excluding hydrogens is 392 g/mol. The predicted molar refractivity (Wildman–Crippen MR) is 123 cm³/mol. The van der Waals surface area contributed by atoms with Crippen molar-refractivity contribution in [2.75, 3.05) is 19.6 Å². The quantitative estimate of drug-likeness (QED) is 0.556. The van der Waals surface area contributed by atoms with E-state index in [1.165, 1.54) is 29.7 Å². The largest absolute Gasteiger partial charge is 0.508 e. The maximum atomic E-state index is 12.5. The first-order valence-electron chi connectivity index (χ1n) is 10.6. The summed E-state index contributed by atoms with van der Waals surface area (Å²) < 4.78 is 0. The van der Waals surface area contributed by atoms with Crippen LogP contribution >= 0.6 is 11.3 Å². The number of hydrogen-bond donors (Lipinski definition) is 2. The van der Waals surface area contributed by atoms with E-state index in [1.54, 1.807) is 12.1 Å². The second-order valence-electron chi connectivity index (χ2n) is 7.96. The molecule has 156 valence electrons. The summed E-state index contributed by atoms with van der Waals surface area (Å²) in [5.41, 5.74) is 2.39. The van der Waals surface area contributed by atoms with Crippen molar-refractivity contribution in [2.45, 2.75) is 25.8 Å². The zero-order chi connectivity index (χ0) is 20.8. The van der Waals surface area contributed by atoms with Crippen LogP contribution in [0.1, 0.15) is 34.5 Å². The Morgan fingerprint density at radius 3 is 2.47 bits per heavy atom. The smallest absolute Gasteiger partial charge is 0.261 e. The van der Waals surface area contributed by atoms with Gasteiger partial charge in [-0.15, -0.1) is 11.3 Å². The summed E-state index contributed by atoms with van der Waals surface area (Å²) in [6.07, 6.45) is 3.44. The van der Waals surface area contributed by atoms with Crippen LogP contribution in [-0.4, -0.2) is 35.5 Å². The number of benzene rings is 2. The molecular formula is C25H28N2O2S. The Morgan fingerprint density at radius 2 is 1.73 bits per heavy atom. The van der Waals surface area contributed by atoms with Crippen LogP contribution in [0.15, 0.2) is 66.7 Å². The number of carbonyl (C=O) groups is 1. The number of aromatic hydroxyl groups is 1. The van der Waals surface area contributed by atoms with Crippen LogP contribution in [0.2, 0.25) is 0 Å². The van der Waals surface area contributed by atoms with Crippen molar-refractivity contribution in [3.05, 3.63) is 77.2 Å². The third-order valence-electron chi connectivity index (χ3n) is 5.78. The number of rotatable bonds is 7. The second-order valence-corrected chi connectivity index (χ2v) is 9.04. The molecule has 5 heteroatoms. The number of hydrogen-bond acceptors (Lipinski definition) is 4. The Balaban J connectivity index is 1.19. The molecule has 4 rings (SSSR count). The highest BCUT2D eigenvalue weighted by molar-refractivity contribution is 7.17. The molecule has 2 heterocycles. The van der Waals surface area contributed by atoms with E-state index in [2.05, 4.69) is 40.5 Å². The minimum atomic E-state index is 0.00606. The molecule has 0 saturated carbocycles. The average molecular weight is 421 g/mol. The number of phenolic OH excluding ortho intramolecular Hbond substituents is 1. The maximum Gasteiger partial charge on any atom is 0.261 e. The topological polar surface area (TPSA) is 52.6 Å². The summed E-state index contributed by atoms with van der Waals surface area (Å²) in [7, 11) is 0. The molecule has 3 aromatic rings. The lowest BCUT2D eigenvalue weighted by atomic mass is 9.93. The number of nitrogens with one attached hydrogen (secondary N) is 1. The zero-order valence-corrected chi connectivity index (χ0v) is 17.9. The lowest BCUT2D eigenvalue weighted by molar-refractivity contribution is 0.0951. The molecule has 1 aliphatic heterocycles. The van der Waals surface area contributed by atoms with E-state index in [9.17, 15) is 9.90 Å². The number of thiophene rings is 1. The number of carbonyl (C=O) groups excluding carboxylic acids is 1. The predicted octanol–water partition coefficient (Wildman–Crippen LogP) is 5.15. The molecule has 0 radical (unpaired) electrons.